The zero-order valence-corrected chi connectivity index (χ0v) is 12.6. The van der Waals surface area contributed by atoms with E-state index in [2.05, 4.69) is 48.7 Å². The predicted molar refractivity (Wildman–Crippen MR) is 82.6 cm³/mol. The van der Waals surface area contributed by atoms with Crippen molar-refractivity contribution in [2.45, 2.75) is 45.6 Å². The minimum Gasteiger partial charge on any atom is -0.352 e. The van der Waals surface area contributed by atoms with E-state index in [1.807, 2.05) is 0 Å². The summed E-state index contributed by atoms with van der Waals surface area (Å²) in [7, 11) is 0. The van der Waals surface area contributed by atoms with Gasteiger partial charge < -0.3 is 10.6 Å². The van der Waals surface area contributed by atoms with Gasteiger partial charge in [-0.2, -0.15) is 0 Å². The van der Waals surface area contributed by atoms with Crippen molar-refractivity contribution in [2.24, 2.45) is 5.92 Å². The van der Waals surface area contributed by atoms with Crippen molar-refractivity contribution in [3.8, 4) is 0 Å². The van der Waals surface area contributed by atoms with Gasteiger partial charge in [0, 0.05) is 13.0 Å². The summed E-state index contributed by atoms with van der Waals surface area (Å²) in [6.45, 7) is 7.20. The Bertz CT molecular complexity index is 419. The Balaban J connectivity index is 1.69. The second-order valence-electron chi connectivity index (χ2n) is 6.07. The van der Waals surface area contributed by atoms with Crippen LogP contribution in [0.4, 0.5) is 0 Å². The zero-order valence-electron chi connectivity index (χ0n) is 12.6. The molecule has 0 aromatic heterocycles. The molecule has 2 N–H and O–H groups in total. The number of nitrogens with one attached hydrogen (secondary N) is 2. The quantitative estimate of drug-likeness (QED) is 0.837. The lowest BCUT2D eigenvalue weighted by molar-refractivity contribution is -0.121. The van der Waals surface area contributed by atoms with E-state index in [9.17, 15) is 4.79 Å². The Morgan fingerprint density at radius 3 is 2.70 bits per heavy atom. The summed E-state index contributed by atoms with van der Waals surface area (Å²) in [6, 6.07) is 8.51. The Kier molecular flexibility index (Phi) is 5.60. The maximum Gasteiger partial charge on any atom is 0.220 e. The summed E-state index contributed by atoms with van der Waals surface area (Å²) < 4.78 is 0. The third-order valence-electron chi connectivity index (χ3n) is 4.08. The highest BCUT2D eigenvalue weighted by atomic mass is 16.1. The van der Waals surface area contributed by atoms with Crippen LogP contribution in [0.25, 0.3) is 0 Å². The molecule has 3 heteroatoms. The molecule has 1 aliphatic heterocycles. The first-order chi connectivity index (χ1) is 9.65. The number of carbonyl (C=O) groups is 1. The summed E-state index contributed by atoms with van der Waals surface area (Å²) in [4.78, 5) is 11.8. The zero-order chi connectivity index (χ0) is 14.4. The monoisotopic (exact) mass is 274 g/mol. The second-order valence-corrected chi connectivity index (χ2v) is 6.07. The largest absolute Gasteiger partial charge is 0.352 e. The van der Waals surface area contributed by atoms with Crippen LogP contribution < -0.4 is 10.6 Å². The molecule has 1 amide bonds. The molecule has 1 saturated heterocycles. The van der Waals surface area contributed by atoms with E-state index in [1.165, 1.54) is 17.5 Å². The van der Waals surface area contributed by atoms with E-state index in [0.29, 0.717) is 24.8 Å². The van der Waals surface area contributed by atoms with Gasteiger partial charge in [-0.25, -0.2) is 0 Å². The number of rotatable bonds is 6. The molecule has 1 aromatic rings. The van der Waals surface area contributed by atoms with Gasteiger partial charge in [0.05, 0.1) is 0 Å². The molecule has 2 rings (SSSR count). The molecule has 0 spiro atoms. The predicted octanol–water partition coefficient (Wildman–Crippen LogP) is 2.82. The Morgan fingerprint density at radius 1 is 1.35 bits per heavy atom. The van der Waals surface area contributed by atoms with Crippen LogP contribution in [-0.4, -0.2) is 19.0 Å². The molecule has 20 heavy (non-hydrogen) atoms. The summed E-state index contributed by atoms with van der Waals surface area (Å²) in [5.41, 5.74) is 2.51. The molecule has 1 fully saturated rings. The lowest BCUT2D eigenvalue weighted by Crippen LogP contribution is -2.23. The normalized spacial score (nSPS) is 18.4. The van der Waals surface area contributed by atoms with Gasteiger partial charge in [-0.3, -0.25) is 4.79 Å². The Morgan fingerprint density at radius 2 is 2.10 bits per heavy atom. The first kappa shape index (κ1) is 15.0. The molecule has 1 atom stereocenters. The van der Waals surface area contributed by atoms with E-state index in [1.54, 1.807) is 0 Å². The molecule has 0 aliphatic carbocycles. The molecule has 0 radical (unpaired) electrons. The van der Waals surface area contributed by atoms with Gasteiger partial charge in [0.25, 0.3) is 0 Å². The number of hydrogen-bond donors (Lipinski definition) is 2. The average Bonchev–Trinajstić information content (AvgIpc) is 2.96. The molecular weight excluding hydrogens is 248 g/mol. The molecular formula is C17H26N2O. The van der Waals surface area contributed by atoms with Crippen LogP contribution >= 0.6 is 0 Å². The molecule has 0 bridgehead atoms. The molecule has 1 aliphatic rings. The van der Waals surface area contributed by atoms with Crippen LogP contribution in [0.15, 0.2) is 24.3 Å². The summed E-state index contributed by atoms with van der Waals surface area (Å²) in [5, 5.41) is 6.35. The standard InChI is InChI=1S/C17H26N2O/c1-13(2)16-6-3-14(4-7-16)12-19-17(20)8-5-15-9-10-18-11-15/h3-4,6-7,13,15,18H,5,8-12H2,1-2H3,(H,19,20). The van der Waals surface area contributed by atoms with E-state index in [-0.39, 0.29) is 5.91 Å². The van der Waals surface area contributed by atoms with Crippen LogP contribution in [0.3, 0.4) is 0 Å². The van der Waals surface area contributed by atoms with Crippen LogP contribution in [-0.2, 0) is 11.3 Å². The smallest absolute Gasteiger partial charge is 0.220 e. The minimum absolute atomic E-state index is 0.171. The first-order valence-corrected chi connectivity index (χ1v) is 7.71. The fraction of sp³-hybridized carbons (Fsp3) is 0.588. The number of carbonyl (C=O) groups excluding carboxylic acids is 1. The highest BCUT2D eigenvalue weighted by Crippen LogP contribution is 2.15. The van der Waals surface area contributed by atoms with Crippen LogP contribution in [0.2, 0.25) is 0 Å². The van der Waals surface area contributed by atoms with Crippen molar-refractivity contribution in [3.05, 3.63) is 35.4 Å². The van der Waals surface area contributed by atoms with E-state index in [4.69, 9.17) is 0 Å². The third kappa shape index (κ3) is 4.64. The van der Waals surface area contributed by atoms with Crippen LogP contribution in [0.1, 0.15) is 50.2 Å². The van der Waals surface area contributed by atoms with E-state index in [0.717, 1.165) is 19.5 Å². The van der Waals surface area contributed by atoms with Gasteiger partial charge in [0.15, 0.2) is 0 Å². The SMILES string of the molecule is CC(C)c1ccc(CNC(=O)CCC2CCNC2)cc1. The summed E-state index contributed by atoms with van der Waals surface area (Å²) in [6.07, 6.45) is 2.87. The molecule has 3 nitrogen and oxygen atoms in total. The number of amides is 1. The van der Waals surface area contributed by atoms with Crippen LogP contribution in [0.5, 0.6) is 0 Å². The highest BCUT2D eigenvalue weighted by Gasteiger charge is 2.15. The van der Waals surface area contributed by atoms with Gasteiger partial charge >= 0.3 is 0 Å². The van der Waals surface area contributed by atoms with Crippen molar-refractivity contribution in [3.63, 3.8) is 0 Å². The maximum atomic E-state index is 11.8. The minimum atomic E-state index is 0.171. The van der Waals surface area contributed by atoms with Gasteiger partial charge in [0.2, 0.25) is 5.91 Å². The highest BCUT2D eigenvalue weighted by molar-refractivity contribution is 5.75. The summed E-state index contributed by atoms with van der Waals surface area (Å²) >= 11 is 0. The lowest BCUT2D eigenvalue weighted by atomic mass is 10.0. The van der Waals surface area contributed by atoms with E-state index >= 15 is 0 Å². The molecule has 0 saturated carbocycles. The van der Waals surface area contributed by atoms with Crippen molar-refractivity contribution in [2.75, 3.05) is 13.1 Å². The Hall–Kier alpha value is -1.35. The van der Waals surface area contributed by atoms with Crippen molar-refractivity contribution in [1.29, 1.82) is 0 Å². The molecule has 110 valence electrons. The van der Waals surface area contributed by atoms with Crippen molar-refractivity contribution >= 4 is 5.91 Å². The van der Waals surface area contributed by atoms with Crippen molar-refractivity contribution < 1.29 is 4.79 Å². The summed E-state index contributed by atoms with van der Waals surface area (Å²) in [5.74, 6) is 1.41. The first-order valence-electron chi connectivity index (χ1n) is 7.71. The van der Waals surface area contributed by atoms with Crippen LogP contribution in [0, 0.1) is 5.92 Å². The van der Waals surface area contributed by atoms with Gasteiger partial charge in [-0.15, -0.1) is 0 Å². The average molecular weight is 274 g/mol. The number of hydrogen-bond acceptors (Lipinski definition) is 2. The van der Waals surface area contributed by atoms with Gasteiger partial charge in [-0.05, 0) is 48.9 Å². The molecule has 1 unspecified atom stereocenters. The third-order valence-corrected chi connectivity index (χ3v) is 4.08. The fourth-order valence-corrected chi connectivity index (χ4v) is 2.61. The molecule has 1 heterocycles. The topological polar surface area (TPSA) is 41.1 Å². The fourth-order valence-electron chi connectivity index (χ4n) is 2.61. The van der Waals surface area contributed by atoms with E-state index < -0.39 is 0 Å². The lowest BCUT2D eigenvalue weighted by Gasteiger charge is -2.10. The maximum absolute atomic E-state index is 11.8. The molecule has 1 aromatic carbocycles. The van der Waals surface area contributed by atoms with Crippen molar-refractivity contribution in [1.82, 2.24) is 10.6 Å². The number of benzene rings is 1. The Labute approximate surface area is 122 Å². The second kappa shape index (κ2) is 7.44. The van der Waals surface area contributed by atoms with Gasteiger partial charge in [-0.1, -0.05) is 38.1 Å². The van der Waals surface area contributed by atoms with Gasteiger partial charge in [0.1, 0.15) is 0 Å².